The van der Waals surface area contributed by atoms with E-state index in [-0.39, 0.29) is 12.8 Å². The summed E-state index contributed by atoms with van der Waals surface area (Å²) in [5, 5.41) is 21.9. The molecule has 1 saturated heterocycles. The number of amides is 3. The summed E-state index contributed by atoms with van der Waals surface area (Å²) in [7, 11) is 0. The third kappa shape index (κ3) is 6.31. The maximum absolute atomic E-state index is 12.5. The van der Waals surface area contributed by atoms with Crippen LogP contribution in [0, 0.1) is 0 Å². The van der Waals surface area contributed by atoms with E-state index in [0.717, 1.165) is 0 Å². The number of rotatable bonds is 9. The van der Waals surface area contributed by atoms with Gasteiger partial charge in [-0.25, -0.2) is 0 Å². The second-order valence-electron chi connectivity index (χ2n) is 6.07. The summed E-state index contributed by atoms with van der Waals surface area (Å²) in [6.07, 6.45) is 0.645. The fourth-order valence-corrected chi connectivity index (χ4v) is 2.62. The highest BCUT2D eigenvalue weighted by Gasteiger charge is 2.36. The quantitative estimate of drug-likeness (QED) is 0.304. The van der Waals surface area contributed by atoms with Crippen LogP contribution in [-0.2, 0) is 24.0 Å². The minimum Gasteiger partial charge on any atom is -0.481 e. The predicted molar refractivity (Wildman–Crippen MR) is 87.8 cm³/mol. The molecule has 1 aliphatic heterocycles. The fourth-order valence-electron chi connectivity index (χ4n) is 2.62. The molecule has 0 aromatic carbocycles. The molecule has 0 bridgehead atoms. The van der Waals surface area contributed by atoms with E-state index in [4.69, 9.17) is 15.9 Å². The zero-order valence-corrected chi connectivity index (χ0v) is 14.4. The SMILES string of the molecule is CC(NC(=O)C(N)CCC(=O)O)C(=O)N1CCCC1C(=O)NCC(=O)O. The van der Waals surface area contributed by atoms with E-state index in [1.165, 1.54) is 11.8 Å². The molecule has 26 heavy (non-hydrogen) atoms. The molecule has 3 amide bonds. The number of carboxylic acids is 2. The van der Waals surface area contributed by atoms with Gasteiger partial charge in [-0.1, -0.05) is 0 Å². The van der Waals surface area contributed by atoms with E-state index >= 15 is 0 Å². The van der Waals surface area contributed by atoms with Crippen LogP contribution in [0.5, 0.6) is 0 Å². The van der Waals surface area contributed by atoms with Crippen molar-refractivity contribution in [2.24, 2.45) is 5.73 Å². The Bertz CT molecular complexity index is 580. The average molecular weight is 372 g/mol. The maximum Gasteiger partial charge on any atom is 0.322 e. The molecule has 11 heteroatoms. The first-order valence-corrected chi connectivity index (χ1v) is 8.21. The topological polar surface area (TPSA) is 179 Å². The zero-order valence-electron chi connectivity index (χ0n) is 14.4. The molecule has 1 fully saturated rings. The summed E-state index contributed by atoms with van der Waals surface area (Å²) < 4.78 is 0. The lowest BCUT2D eigenvalue weighted by molar-refractivity contribution is -0.142. The fraction of sp³-hybridized carbons (Fsp3) is 0.667. The van der Waals surface area contributed by atoms with Gasteiger partial charge in [0.05, 0.1) is 6.04 Å². The van der Waals surface area contributed by atoms with Crippen molar-refractivity contribution in [2.45, 2.75) is 50.7 Å². The van der Waals surface area contributed by atoms with Crippen molar-refractivity contribution in [1.82, 2.24) is 15.5 Å². The van der Waals surface area contributed by atoms with Crippen molar-refractivity contribution in [3.8, 4) is 0 Å². The van der Waals surface area contributed by atoms with Gasteiger partial charge in [-0.2, -0.15) is 0 Å². The molecule has 3 atom stereocenters. The molecule has 0 saturated carbocycles. The molecule has 1 rings (SSSR count). The van der Waals surface area contributed by atoms with E-state index in [2.05, 4.69) is 10.6 Å². The van der Waals surface area contributed by atoms with Gasteiger partial charge in [-0.05, 0) is 26.2 Å². The van der Waals surface area contributed by atoms with Gasteiger partial charge in [0.15, 0.2) is 0 Å². The van der Waals surface area contributed by atoms with Crippen LogP contribution in [0.3, 0.4) is 0 Å². The van der Waals surface area contributed by atoms with Gasteiger partial charge in [0.1, 0.15) is 18.6 Å². The minimum atomic E-state index is -1.19. The van der Waals surface area contributed by atoms with Gasteiger partial charge < -0.3 is 31.5 Å². The molecule has 0 aliphatic carbocycles. The Morgan fingerprint density at radius 1 is 1.19 bits per heavy atom. The average Bonchev–Trinajstić information content (AvgIpc) is 3.06. The standard InChI is InChI=1S/C15H24N4O7/c1-8(18-13(24)9(16)4-5-11(20)21)15(26)19-6-2-3-10(19)14(25)17-7-12(22)23/h8-10H,2-7,16H2,1H3,(H,17,25)(H,18,24)(H,20,21)(H,22,23). The largest absolute Gasteiger partial charge is 0.481 e. The van der Waals surface area contributed by atoms with Gasteiger partial charge in [0.2, 0.25) is 17.7 Å². The zero-order chi connectivity index (χ0) is 19.9. The lowest BCUT2D eigenvalue weighted by atomic mass is 10.1. The number of carbonyl (C=O) groups is 5. The molecule has 1 heterocycles. The Morgan fingerprint density at radius 2 is 1.85 bits per heavy atom. The monoisotopic (exact) mass is 372 g/mol. The van der Waals surface area contributed by atoms with Gasteiger partial charge in [0.25, 0.3) is 0 Å². The number of hydrogen-bond donors (Lipinski definition) is 5. The van der Waals surface area contributed by atoms with Crippen molar-refractivity contribution < 1.29 is 34.2 Å². The number of nitrogens with two attached hydrogens (primary N) is 1. The van der Waals surface area contributed by atoms with Crippen LogP contribution in [0.2, 0.25) is 0 Å². The van der Waals surface area contributed by atoms with E-state index in [0.29, 0.717) is 19.4 Å². The third-order valence-electron chi connectivity index (χ3n) is 3.99. The molecular weight excluding hydrogens is 348 g/mol. The van der Waals surface area contributed by atoms with E-state index in [1.807, 2.05) is 0 Å². The highest BCUT2D eigenvalue weighted by Crippen LogP contribution is 2.18. The molecule has 0 radical (unpaired) electrons. The van der Waals surface area contributed by atoms with Crippen LogP contribution in [0.4, 0.5) is 0 Å². The highest BCUT2D eigenvalue weighted by atomic mass is 16.4. The lowest BCUT2D eigenvalue weighted by Gasteiger charge is -2.27. The number of aliphatic carboxylic acids is 2. The molecule has 1 aliphatic rings. The second kappa shape index (κ2) is 9.70. The first-order valence-electron chi connectivity index (χ1n) is 8.21. The van der Waals surface area contributed by atoms with Crippen LogP contribution in [0.25, 0.3) is 0 Å². The summed E-state index contributed by atoms with van der Waals surface area (Å²) >= 11 is 0. The molecule has 11 nitrogen and oxygen atoms in total. The lowest BCUT2D eigenvalue weighted by Crippen LogP contribution is -2.54. The Labute approximate surface area is 149 Å². The van der Waals surface area contributed by atoms with E-state index in [1.54, 1.807) is 0 Å². The summed E-state index contributed by atoms with van der Waals surface area (Å²) in [6, 6.07) is -2.80. The summed E-state index contributed by atoms with van der Waals surface area (Å²) in [5.41, 5.74) is 5.59. The second-order valence-corrected chi connectivity index (χ2v) is 6.07. The van der Waals surface area contributed by atoms with Crippen LogP contribution >= 0.6 is 0 Å². The Balaban J connectivity index is 2.60. The summed E-state index contributed by atoms with van der Waals surface area (Å²) in [6.45, 7) is 1.21. The van der Waals surface area contributed by atoms with E-state index in [9.17, 15) is 24.0 Å². The smallest absolute Gasteiger partial charge is 0.322 e. The van der Waals surface area contributed by atoms with Crippen LogP contribution < -0.4 is 16.4 Å². The van der Waals surface area contributed by atoms with Gasteiger partial charge in [0, 0.05) is 13.0 Å². The molecule has 6 N–H and O–H groups in total. The number of likely N-dealkylation sites (tertiary alicyclic amines) is 1. The molecular formula is C15H24N4O7. The van der Waals surface area contributed by atoms with Gasteiger partial charge in [-0.3, -0.25) is 24.0 Å². The van der Waals surface area contributed by atoms with Crippen molar-refractivity contribution in [3.05, 3.63) is 0 Å². The summed E-state index contributed by atoms with van der Waals surface area (Å²) in [4.78, 5) is 58.8. The minimum absolute atomic E-state index is 0.0635. The predicted octanol–water partition coefficient (Wildman–Crippen LogP) is -2.12. The Morgan fingerprint density at radius 3 is 2.42 bits per heavy atom. The van der Waals surface area contributed by atoms with Gasteiger partial charge in [-0.15, -0.1) is 0 Å². The highest BCUT2D eigenvalue weighted by molar-refractivity contribution is 5.94. The number of carboxylic acid groups (broad SMARTS) is 2. The van der Waals surface area contributed by atoms with Crippen molar-refractivity contribution in [1.29, 1.82) is 0 Å². The molecule has 0 aromatic rings. The first kappa shape index (κ1) is 21.4. The van der Waals surface area contributed by atoms with Crippen molar-refractivity contribution >= 4 is 29.7 Å². The number of carbonyl (C=O) groups excluding carboxylic acids is 3. The van der Waals surface area contributed by atoms with Crippen LogP contribution in [0.1, 0.15) is 32.6 Å². The van der Waals surface area contributed by atoms with Crippen LogP contribution in [0.15, 0.2) is 0 Å². The van der Waals surface area contributed by atoms with Crippen molar-refractivity contribution in [3.63, 3.8) is 0 Å². The summed E-state index contributed by atoms with van der Waals surface area (Å²) in [5.74, 6) is -3.97. The van der Waals surface area contributed by atoms with Gasteiger partial charge >= 0.3 is 11.9 Å². The number of nitrogens with zero attached hydrogens (tertiary/aromatic N) is 1. The number of nitrogens with one attached hydrogen (secondary N) is 2. The molecule has 0 spiro atoms. The molecule has 0 aromatic heterocycles. The molecule has 3 unspecified atom stereocenters. The number of hydrogen-bond acceptors (Lipinski definition) is 6. The Kier molecular flexibility index (Phi) is 7.97. The van der Waals surface area contributed by atoms with Crippen molar-refractivity contribution in [2.75, 3.05) is 13.1 Å². The van der Waals surface area contributed by atoms with E-state index < -0.39 is 54.3 Å². The van der Waals surface area contributed by atoms with Crippen LogP contribution in [-0.4, -0.2) is 76.0 Å². The Hall–Kier alpha value is -2.69. The normalized spacial score (nSPS) is 18.7. The molecule has 146 valence electrons. The third-order valence-corrected chi connectivity index (χ3v) is 3.99. The maximum atomic E-state index is 12.5. The first-order chi connectivity index (χ1) is 12.1.